The number of hydrogen-bond donors (Lipinski definition) is 3. The second-order valence-corrected chi connectivity index (χ2v) is 12.0. The number of thiazole rings is 1. The summed E-state index contributed by atoms with van der Waals surface area (Å²) >= 11 is 1.51. The topological polar surface area (TPSA) is 141 Å². The van der Waals surface area contributed by atoms with E-state index in [2.05, 4.69) is 15.7 Å². The Kier molecular flexibility index (Phi) is 7.67. The van der Waals surface area contributed by atoms with E-state index in [9.17, 15) is 13.2 Å². The average Bonchev–Trinajstić information content (AvgIpc) is 3.38. The number of benzene rings is 1. The van der Waals surface area contributed by atoms with Crippen LogP contribution in [-0.2, 0) is 21.8 Å². The van der Waals surface area contributed by atoms with Gasteiger partial charge in [0, 0.05) is 36.5 Å². The first-order valence-electron chi connectivity index (χ1n) is 11.9. The molecule has 10 nitrogen and oxygen atoms in total. The van der Waals surface area contributed by atoms with Crippen molar-refractivity contribution in [1.82, 2.24) is 20.1 Å². The molecule has 3 aromatic rings. The van der Waals surface area contributed by atoms with Crippen LogP contribution >= 0.6 is 11.3 Å². The lowest BCUT2D eigenvalue weighted by molar-refractivity contribution is 0.109. The van der Waals surface area contributed by atoms with Crippen LogP contribution in [0.5, 0.6) is 0 Å². The molecule has 2 heterocycles. The third kappa shape index (κ3) is 6.23. The number of anilines is 2. The maximum atomic E-state index is 12.5. The number of nitrogens with zero attached hydrogens (tertiary/aromatic N) is 3. The predicted molar refractivity (Wildman–Crippen MR) is 140 cm³/mol. The molecule has 0 saturated heterocycles. The Bertz CT molecular complexity index is 1340. The van der Waals surface area contributed by atoms with Crippen LogP contribution in [-0.4, -0.2) is 41.4 Å². The third-order valence-corrected chi connectivity index (χ3v) is 8.38. The van der Waals surface area contributed by atoms with E-state index in [1.807, 2.05) is 26.8 Å². The van der Waals surface area contributed by atoms with Crippen molar-refractivity contribution in [3.8, 4) is 10.4 Å². The first-order chi connectivity index (χ1) is 17.0. The Morgan fingerprint density at radius 1 is 1.22 bits per heavy atom. The molecular weight excluding hydrogens is 500 g/mol. The number of alkyl carbamates (subject to hydrolysis) is 1. The molecule has 36 heavy (non-hydrogen) atoms. The number of aromatic nitrogens is 3. The zero-order valence-electron chi connectivity index (χ0n) is 20.8. The minimum absolute atomic E-state index is 0.0475. The van der Waals surface area contributed by atoms with Gasteiger partial charge in [-0.25, -0.2) is 23.3 Å². The highest BCUT2D eigenvalue weighted by Crippen LogP contribution is 2.41. The Balaban J connectivity index is 1.52. The zero-order valence-corrected chi connectivity index (χ0v) is 22.4. The Morgan fingerprint density at radius 2 is 1.94 bits per heavy atom. The van der Waals surface area contributed by atoms with Gasteiger partial charge in [0.15, 0.2) is 0 Å². The Hall–Kier alpha value is -2.96. The van der Waals surface area contributed by atoms with Gasteiger partial charge in [0.25, 0.3) is 0 Å². The summed E-state index contributed by atoms with van der Waals surface area (Å²) in [6.07, 6.45) is 6.36. The number of rotatable bonds is 7. The van der Waals surface area contributed by atoms with Gasteiger partial charge in [-0.3, -0.25) is 4.68 Å². The third-order valence-electron chi connectivity index (χ3n) is 6.08. The van der Waals surface area contributed by atoms with E-state index < -0.39 is 10.0 Å². The van der Waals surface area contributed by atoms with Gasteiger partial charge in [0.05, 0.1) is 38.5 Å². The first kappa shape index (κ1) is 26.1. The van der Waals surface area contributed by atoms with Gasteiger partial charge in [-0.2, -0.15) is 5.10 Å². The second-order valence-electron chi connectivity index (χ2n) is 9.40. The summed E-state index contributed by atoms with van der Waals surface area (Å²) in [6.45, 7) is 5.54. The molecule has 4 rings (SSSR count). The number of carbonyl (C=O) groups is 1. The molecule has 0 bridgehead atoms. The lowest BCUT2D eigenvalue weighted by atomic mass is 9.86. The number of amides is 1. The molecule has 1 aromatic carbocycles. The van der Waals surface area contributed by atoms with Crippen molar-refractivity contribution in [1.29, 1.82) is 0 Å². The van der Waals surface area contributed by atoms with Crippen molar-refractivity contribution in [3.63, 3.8) is 0 Å². The first-order valence-corrected chi connectivity index (χ1v) is 14.2. The number of nitrogens with one attached hydrogen (secondary N) is 2. The minimum Gasteiger partial charge on any atom is -0.447 e. The monoisotopic (exact) mass is 532 g/mol. The van der Waals surface area contributed by atoms with Crippen molar-refractivity contribution in [2.45, 2.75) is 69.4 Å². The summed E-state index contributed by atoms with van der Waals surface area (Å²) < 4.78 is 31.9. The maximum absolute atomic E-state index is 12.5. The van der Waals surface area contributed by atoms with Gasteiger partial charge < -0.3 is 15.4 Å². The van der Waals surface area contributed by atoms with Gasteiger partial charge in [-0.15, -0.1) is 11.3 Å². The number of sulfonamides is 1. The maximum Gasteiger partial charge on any atom is 0.407 e. The Morgan fingerprint density at radius 3 is 2.56 bits per heavy atom. The van der Waals surface area contributed by atoms with Gasteiger partial charge >= 0.3 is 6.09 Å². The van der Waals surface area contributed by atoms with Crippen LogP contribution in [0.15, 0.2) is 35.5 Å². The molecule has 4 N–H and O–H groups in total. The van der Waals surface area contributed by atoms with E-state index in [4.69, 9.17) is 14.9 Å². The largest absolute Gasteiger partial charge is 0.447 e. The highest BCUT2D eigenvalue weighted by molar-refractivity contribution is 7.89. The summed E-state index contributed by atoms with van der Waals surface area (Å²) in [4.78, 5) is 17.5. The number of primary sulfonamides is 1. The van der Waals surface area contributed by atoms with E-state index in [1.54, 1.807) is 36.3 Å². The van der Waals surface area contributed by atoms with Crippen LogP contribution in [0.2, 0.25) is 0 Å². The molecule has 1 saturated carbocycles. The van der Waals surface area contributed by atoms with Gasteiger partial charge in [-0.1, -0.05) is 6.07 Å². The molecule has 12 heteroatoms. The highest BCUT2D eigenvalue weighted by atomic mass is 32.2. The highest BCUT2D eigenvalue weighted by Gasteiger charge is 2.28. The molecule has 194 valence electrons. The molecule has 1 aliphatic carbocycles. The molecule has 1 fully saturated rings. The second kappa shape index (κ2) is 10.6. The van der Waals surface area contributed by atoms with Crippen molar-refractivity contribution in [2.75, 3.05) is 5.32 Å². The summed E-state index contributed by atoms with van der Waals surface area (Å²) in [5.74, 6) is 0.256. The fourth-order valence-corrected chi connectivity index (χ4v) is 6.52. The van der Waals surface area contributed by atoms with Crippen molar-refractivity contribution >= 4 is 38.8 Å². The molecule has 1 amide bonds. The molecule has 0 spiro atoms. The van der Waals surface area contributed by atoms with Crippen LogP contribution in [0.4, 0.5) is 16.2 Å². The van der Waals surface area contributed by atoms with Crippen molar-refractivity contribution in [3.05, 3.63) is 41.3 Å². The number of hydrogen-bond acceptors (Lipinski definition) is 8. The summed E-state index contributed by atoms with van der Waals surface area (Å²) in [5.41, 5.74) is 2.65. The summed E-state index contributed by atoms with van der Waals surface area (Å²) in [7, 11) is -2.18. The van der Waals surface area contributed by atoms with Crippen molar-refractivity contribution in [2.24, 2.45) is 12.2 Å². The van der Waals surface area contributed by atoms with E-state index in [0.29, 0.717) is 11.3 Å². The van der Waals surface area contributed by atoms with E-state index >= 15 is 0 Å². The van der Waals surface area contributed by atoms with E-state index in [0.717, 1.165) is 46.9 Å². The van der Waals surface area contributed by atoms with Crippen LogP contribution in [0.1, 0.15) is 56.2 Å². The molecule has 1 aliphatic rings. The predicted octanol–water partition coefficient (Wildman–Crippen LogP) is 4.40. The van der Waals surface area contributed by atoms with Crippen molar-refractivity contribution < 1.29 is 17.9 Å². The smallest absolute Gasteiger partial charge is 0.407 e. The van der Waals surface area contributed by atoms with Crippen LogP contribution in [0, 0.1) is 6.92 Å². The Labute approximate surface area is 215 Å². The molecule has 0 aliphatic heterocycles. The van der Waals surface area contributed by atoms with E-state index in [1.165, 1.54) is 11.3 Å². The van der Waals surface area contributed by atoms with Crippen LogP contribution in [0.3, 0.4) is 0 Å². The fourth-order valence-electron chi connectivity index (χ4n) is 4.42. The van der Waals surface area contributed by atoms with Gasteiger partial charge in [-0.05, 0) is 58.6 Å². The number of aryl methyl sites for hydroxylation is 2. The lowest BCUT2D eigenvalue weighted by Gasteiger charge is -2.28. The van der Waals surface area contributed by atoms with E-state index in [-0.39, 0.29) is 29.1 Å². The fraction of sp³-hybridized carbons (Fsp3) is 0.458. The molecule has 0 atom stereocenters. The summed E-state index contributed by atoms with van der Waals surface area (Å²) in [5, 5.41) is 16.8. The molecule has 2 aromatic heterocycles. The SMILES string of the molecule is Cc1nc([C@H]2CC[C@H](NC(=O)OC(C)C)CC2)sc1-c1ccc(Nc2cnn(C)c2)cc1S(N)(=O)=O. The molecular formula is C24H32N6O4S2. The zero-order chi connectivity index (χ0) is 26.0. The van der Waals surface area contributed by atoms with Gasteiger partial charge in [0.2, 0.25) is 10.0 Å². The summed E-state index contributed by atoms with van der Waals surface area (Å²) in [6, 6.07) is 5.22. The standard InChI is InChI=1S/C24H32N6O4S2/c1-14(2)34-24(31)29-17-7-5-16(6-8-17)23-27-15(3)22(35-23)20-10-9-18(11-21(20)36(25,32)33)28-19-12-26-30(4)13-19/h9-14,16-17,28H,5-8H2,1-4H3,(H,29,31)(H2,25,32,33)/t16-,17-. The van der Waals surface area contributed by atoms with Gasteiger partial charge in [0.1, 0.15) is 0 Å². The number of carbonyl (C=O) groups excluding carboxylic acids is 1. The normalized spacial score (nSPS) is 18.3. The quantitative estimate of drug-likeness (QED) is 0.409. The lowest BCUT2D eigenvalue weighted by Crippen LogP contribution is -2.38. The van der Waals surface area contributed by atoms with Crippen LogP contribution in [0.25, 0.3) is 10.4 Å². The molecule has 0 radical (unpaired) electrons. The number of nitrogens with two attached hydrogens (primary N) is 1. The molecule has 0 unspecified atom stereocenters. The van der Waals surface area contributed by atoms with Crippen LogP contribution < -0.4 is 15.8 Å². The average molecular weight is 533 g/mol. The number of ether oxygens (including phenoxy) is 1. The minimum atomic E-state index is -3.99.